The minimum absolute atomic E-state index is 0.121. The van der Waals surface area contributed by atoms with E-state index in [9.17, 15) is 17.6 Å². The van der Waals surface area contributed by atoms with Crippen LogP contribution in [-0.2, 0) is 0 Å². The lowest BCUT2D eigenvalue weighted by Crippen LogP contribution is -2.26. The second-order valence-corrected chi connectivity index (χ2v) is 4.81. The van der Waals surface area contributed by atoms with Gasteiger partial charge in [0.2, 0.25) is 0 Å². The molecular formula is C13H15F4N. The molecule has 0 radical (unpaired) electrons. The molecule has 1 atom stereocenters. The van der Waals surface area contributed by atoms with Gasteiger partial charge in [-0.2, -0.15) is 0 Å². The molecule has 18 heavy (non-hydrogen) atoms. The first kappa shape index (κ1) is 13.3. The van der Waals surface area contributed by atoms with Gasteiger partial charge in [0.15, 0.2) is 23.3 Å². The van der Waals surface area contributed by atoms with Crippen molar-refractivity contribution in [2.75, 3.05) is 0 Å². The summed E-state index contributed by atoms with van der Waals surface area (Å²) in [6.45, 7) is 0. The Balaban J connectivity index is 2.37. The second-order valence-electron chi connectivity index (χ2n) is 4.81. The van der Waals surface area contributed by atoms with Crippen molar-refractivity contribution in [3.05, 3.63) is 34.9 Å². The largest absolute Gasteiger partial charge is 0.324 e. The van der Waals surface area contributed by atoms with Crippen LogP contribution in [0.4, 0.5) is 17.6 Å². The number of hydrogen-bond donors (Lipinski definition) is 1. The van der Waals surface area contributed by atoms with Crippen LogP contribution in [0.3, 0.4) is 0 Å². The molecule has 1 aliphatic carbocycles. The standard InChI is InChI=1S/C13H15F4N/c14-8-6-9(15)12(17)10(11(8)16)13(18)7-4-2-1-3-5-7/h6-7,13H,1-5,18H2/t13-/m1/s1. The molecule has 0 unspecified atom stereocenters. The Morgan fingerprint density at radius 1 is 0.944 bits per heavy atom. The van der Waals surface area contributed by atoms with Gasteiger partial charge >= 0.3 is 0 Å². The minimum atomic E-state index is -1.39. The van der Waals surface area contributed by atoms with Crippen LogP contribution in [0.5, 0.6) is 0 Å². The molecular weight excluding hydrogens is 246 g/mol. The van der Waals surface area contributed by atoms with E-state index in [1.54, 1.807) is 0 Å². The number of halogens is 4. The summed E-state index contributed by atoms with van der Waals surface area (Å²) in [7, 11) is 0. The Kier molecular flexibility index (Phi) is 3.90. The third kappa shape index (κ3) is 2.36. The average Bonchev–Trinajstić information content (AvgIpc) is 2.37. The lowest BCUT2D eigenvalue weighted by molar-refractivity contribution is 0.292. The van der Waals surface area contributed by atoms with Crippen molar-refractivity contribution < 1.29 is 17.6 Å². The summed E-state index contributed by atoms with van der Waals surface area (Å²) in [4.78, 5) is 0. The van der Waals surface area contributed by atoms with Crippen LogP contribution in [0.2, 0.25) is 0 Å². The Labute approximate surface area is 103 Å². The van der Waals surface area contributed by atoms with Crippen molar-refractivity contribution in [2.45, 2.75) is 38.1 Å². The molecule has 0 saturated heterocycles. The minimum Gasteiger partial charge on any atom is -0.324 e. The molecule has 1 nitrogen and oxygen atoms in total. The van der Waals surface area contributed by atoms with E-state index in [1.165, 1.54) is 0 Å². The highest BCUT2D eigenvalue weighted by molar-refractivity contribution is 5.26. The molecule has 100 valence electrons. The average molecular weight is 261 g/mol. The molecule has 1 aromatic carbocycles. The molecule has 1 aromatic rings. The molecule has 0 amide bonds. The molecule has 1 aliphatic rings. The highest BCUT2D eigenvalue weighted by Crippen LogP contribution is 2.35. The van der Waals surface area contributed by atoms with E-state index in [4.69, 9.17) is 5.73 Å². The van der Waals surface area contributed by atoms with Crippen LogP contribution < -0.4 is 5.73 Å². The van der Waals surface area contributed by atoms with E-state index in [0.29, 0.717) is 0 Å². The van der Waals surface area contributed by atoms with Crippen LogP contribution in [0.25, 0.3) is 0 Å². The predicted molar refractivity (Wildman–Crippen MR) is 59.8 cm³/mol. The monoisotopic (exact) mass is 261 g/mol. The molecule has 0 heterocycles. The van der Waals surface area contributed by atoms with Gasteiger partial charge in [0.1, 0.15) is 0 Å². The van der Waals surface area contributed by atoms with Crippen molar-refractivity contribution in [2.24, 2.45) is 11.7 Å². The van der Waals surface area contributed by atoms with Gasteiger partial charge in [-0.15, -0.1) is 0 Å². The van der Waals surface area contributed by atoms with E-state index in [1.807, 2.05) is 0 Å². The van der Waals surface area contributed by atoms with Crippen molar-refractivity contribution in [1.29, 1.82) is 0 Å². The van der Waals surface area contributed by atoms with Gasteiger partial charge in [-0.3, -0.25) is 0 Å². The van der Waals surface area contributed by atoms with Gasteiger partial charge in [-0.25, -0.2) is 17.6 Å². The SMILES string of the molecule is N[C@@H](c1c(F)c(F)cc(F)c1F)C1CCCCC1. The van der Waals surface area contributed by atoms with Crippen molar-refractivity contribution in [3.8, 4) is 0 Å². The predicted octanol–water partition coefficient (Wildman–Crippen LogP) is 3.82. The molecule has 2 N–H and O–H groups in total. The van der Waals surface area contributed by atoms with Crippen LogP contribution in [0.1, 0.15) is 43.7 Å². The maximum absolute atomic E-state index is 13.6. The Morgan fingerprint density at radius 2 is 1.44 bits per heavy atom. The number of benzene rings is 1. The van der Waals surface area contributed by atoms with Gasteiger partial charge < -0.3 is 5.73 Å². The maximum atomic E-state index is 13.6. The summed E-state index contributed by atoms with van der Waals surface area (Å²) in [6, 6.07) is -0.780. The van der Waals surface area contributed by atoms with E-state index < -0.39 is 34.9 Å². The van der Waals surface area contributed by atoms with Crippen LogP contribution in [0.15, 0.2) is 6.07 Å². The highest BCUT2D eigenvalue weighted by Gasteiger charge is 2.29. The molecule has 2 rings (SSSR count). The molecule has 1 fully saturated rings. The zero-order chi connectivity index (χ0) is 13.3. The maximum Gasteiger partial charge on any atom is 0.166 e. The molecule has 5 heteroatoms. The first-order valence-corrected chi connectivity index (χ1v) is 6.11. The number of rotatable bonds is 2. The normalized spacial score (nSPS) is 18.9. The molecule has 0 aliphatic heterocycles. The summed E-state index contributed by atoms with van der Waals surface area (Å²) in [5, 5.41) is 0. The van der Waals surface area contributed by atoms with E-state index in [-0.39, 0.29) is 12.0 Å². The lowest BCUT2D eigenvalue weighted by atomic mass is 9.81. The Bertz CT molecular complexity index is 415. The fraction of sp³-hybridized carbons (Fsp3) is 0.538. The van der Waals surface area contributed by atoms with Gasteiger partial charge in [-0.05, 0) is 18.8 Å². The third-order valence-corrected chi connectivity index (χ3v) is 3.64. The zero-order valence-corrected chi connectivity index (χ0v) is 9.86. The van der Waals surface area contributed by atoms with Crippen molar-refractivity contribution in [3.63, 3.8) is 0 Å². The van der Waals surface area contributed by atoms with Gasteiger partial charge in [0, 0.05) is 17.7 Å². The molecule has 1 saturated carbocycles. The first-order chi connectivity index (χ1) is 8.52. The topological polar surface area (TPSA) is 26.0 Å². The quantitative estimate of drug-likeness (QED) is 0.635. The summed E-state index contributed by atoms with van der Waals surface area (Å²) >= 11 is 0. The fourth-order valence-corrected chi connectivity index (χ4v) is 2.61. The Hall–Kier alpha value is -1.10. The molecule has 0 aromatic heterocycles. The zero-order valence-electron chi connectivity index (χ0n) is 9.86. The highest BCUT2D eigenvalue weighted by atomic mass is 19.2. The Morgan fingerprint density at radius 3 is 1.94 bits per heavy atom. The smallest absolute Gasteiger partial charge is 0.166 e. The summed E-state index contributed by atoms with van der Waals surface area (Å²) in [5.41, 5.74) is 5.14. The molecule has 0 spiro atoms. The van der Waals surface area contributed by atoms with Crippen LogP contribution >= 0.6 is 0 Å². The van der Waals surface area contributed by atoms with Crippen LogP contribution in [-0.4, -0.2) is 0 Å². The van der Waals surface area contributed by atoms with E-state index in [0.717, 1.165) is 32.1 Å². The fourth-order valence-electron chi connectivity index (χ4n) is 2.61. The first-order valence-electron chi connectivity index (χ1n) is 6.11. The van der Waals surface area contributed by atoms with Crippen molar-refractivity contribution >= 4 is 0 Å². The van der Waals surface area contributed by atoms with E-state index in [2.05, 4.69) is 0 Å². The molecule has 0 bridgehead atoms. The van der Waals surface area contributed by atoms with Crippen LogP contribution in [0, 0.1) is 29.2 Å². The van der Waals surface area contributed by atoms with Gasteiger partial charge in [-0.1, -0.05) is 19.3 Å². The summed E-state index contributed by atoms with van der Waals surface area (Å²) < 4.78 is 53.4. The van der Waals surface area contributed by atoms with Crippen molar-refractivity contribution in [1.82, 2.24) is 0 Å². The second kappa shape index (κ2) is 5.26. The van der Waals surface area contributed by atoms with Gasteiger partial charge in [0.05, 0.1) is 0 Å². The summed E-state index contributed by atoms with van der Waals surface area (Å²) in [5.74, 6) is -5.65. The third-order valence-electron chi connectivity index (χ3n) is 3.64. The van der Waals surface area contributed by atoms with E-state index >= 15 is 0 Å². The number of nitrogens with two attached hydrogens (primary N) is 1. The number of hydrogen-bond acceptors (Lipinski definition) is 1. The van der Waals surface area contributed by atoms with Gasteiger partial charge in [0.25, 0.3) is 0 Å². The lowest BCUT2D eigenvalue weighted by Gasteiger charge is -2.28. The summed E-state index contributed by atoms with van der Waals surface area (Å²) in [6.07, 6.45) is 4.39.